The Kier molecular flexibility index (Phi) is 2.86. The lowest BCUT2D eigenvalue weighted by Gasteiger charge is -2.26. The van der Waals surface area contributed by atoms with E-state index >= 15 is 0 Å². The molecule has 1 aliphatic heterocycles. The van der Waals surface area contributed by atoms with Gasteiger partial charge in [0.2, 0.25) is 0 Å². The van der Waals surface area contributed by atoms with Crippen molar-refractivity contribution in [2.24, 2.45) is 0 Å². The molecule has 1 aromatic rings. The van der Waals surface area contributed by atoms with E-state index in [9.17, 15) is 12.8 Å². The molecule has 0 bridgehead atoms. The summed E-state index contributed by atoms with van der Waals surface area (Å²) >= 11 is 0. The molecule has 1 atom stereocenters. The Bertz CT molecular complexity index is 501. The molecule has 2 N–H and O–H groups in total. The second-order valence-electron chi connectivity index (χ2n) is 3.75. The Morgan fingerprint density at radius 2 is 2.25 bits per heavy atom. The lowest BCUT2D eigenvalue weighted by atomic mass is 10.2. The van der Waals surface area contributed by atoms with Gasteiger partial charge in [0.05, 0.1) is 16.3 Å². The van der Waals surface area contributed by atoms with E-state index in [1.54, 1.807) is 0 Å². The highest BCUT2D eigenvalue weighted by Gasteiger charge is 2.31. The average molecular weight is 245 g/mol. The van der Waals surface area contributed by atoms with Gasteiger partial charge >= 0.3 is 0 Å². The fourth-order valence-electron chi connectivity index (χ4n) is 1.82. The van der Waals surface area contributed by atoms with Gasteiger partial charge in [0.1, 0.15) is 5.82 Å². The second kappa shape index (κ2) is 4.03. The third-order valence-electron chi connectivity index (χ3n) is 2.56. The first-order valence-corrected chi connectivity index (χ1v) is 6.58. The molecule has 1 heterocycles. The highest BCUT2D eigenvalue weighted by molar-refractivity contribution is 7.91. The third kappa shape index (κ3) is 1.90. The van der Waals surface area contributed by atoms with Crippen molar-refractivity contribution in [3.63, 3.8) is 0 Å². The molecule has 0 aliphatic carbocycles. The number of halogens is 1. The van der Waals surface area contributed by atoms with Crippen LogP contribution in [0, 0.1) is 5.82 Å². The van der Waals surface area contributed by atoms with E-state index < -0.39 is 21.7 Å². The molecule has 2 rings (SSSR count). The van der Waals surface area contributed by atoms with Crippen molar-refractivity contribution < 1.29 is 17.9 Å². The van der Waals surface area contributed by atoms with Crippen molar-refractivity contribution in [3.8, 4) is 0 Å². The number of benzene rings is 1. The molecule has 88 valence electrons. The van der Waals surface area contributed by atoms with Crippen LogP contribution in [-0.2, 0) is 9.84 Å². The van der Waals surface area contributed by atoms with E-state index in [1.807, 2.05) is 0 Å². The maximum absolute atomic E-state index is 13.4. The molecular formula is C10H12FNO3S. The lowest BCUT2D eigenvalue weighted by molar-refractivity contribution is 0.282. The van der Waals surface area contributed by atoms with Crippen LogP contribution in [0.3, 0.4) is 0 Å². The van der Waals surface area contributed by atoms with Crippen molar-refractivity contribution in [2.75, 3.05) is 17.7 Å². The van der Waals surface area contributed by atoms with Gasteiger partial charge in [0.15, 0.2) is 9.84 Å². The summed E-state index contributed by atoms with van der Waals surface area (Å²) in [6.45, 7) is -0.128. The molecule has 16 heavy (non-hydrogen) atoms. The average Bonchev–Trinajstić information content (AvgIpc) is 2.19. The molecule has 1 aliphatic rings. The number of rotatable bonds is 2. The standard InChI is InChI=1S/C10H12FNO3S/c11-8-2-1-3-9-10(8)12-7(4-5-13)6-16(9,14)15/h1-3,7,12-13H,4-6H2. The SMILES string of the molecule is O=S1(=O)CC(CCO)Nc2c(F)cccc21. The fourth-order valence-corrected chi connectivity index (χ4v) is 3.53. The summed E-state index contributed by atoms with van der Waals surface area (Å²) < 4.78 is 37.1. The van der Waals surface area contributed by atoms with E-state index in [0.29, 0.717) is 0 Å². The van der Waals surface area contributed by atoms with E-state index in [4.69, 9.17) is 5.11 Å². The van der Waals surface area contributed by atoms with E-state index in [1.165, 1.54) is 18.2 Å². The van der Waals surface area contributed by atoms with Crippen LogP contribution in [0.2, 0.25) is 0 Å². The Balaban J connectivity index is 2.48. The minimum absolute atomic E-state index is 0.00156. The summed E-state index contributed by atoms with van der Waals surface area (Å²) in [6, 6.07) is 3.54. The van der Waals surface area contributed by atoms with Crippen molar-refractivity contribution in [3.05, 3.63) is 24.0 Å². The third-order valence-corrected chi connectivity index (χ3v) is 4.41. The second-order valence-corrected chi connectivity index (χ2v) is 5.75. The predicted molar refractivity (Wildman–Crippen MR) is 57.6 cm³/mol. The predicted octanol–water partition coefficient (Wildman–Crippen LogP) is 0.776. The number of aliphatic hydroxyl groups excluding tert-OH is 1. The molecule has 0 saturated heterocycles. The first-order valence-electron chi connectivity index (χ1n) is 4.93. The number of fused-ring (bicyclic) bond motifs is 1. The van der Waals surface area contributed by atoms with E-state index in [-0.39, 0.29) is 29.4 Å². The summed E-state index contributed by atoms with van der Waals surface area (Å²) in [5.74, 6) is -0.687. The highest BCUT2D eigenvalue weighted by atomic mass is 32.2. The Morgan fingerprint density at radius 1 is 1.50 bits per heavy atom. The van der Waals surface area contributed by atoms with Crippen molar-refractivity contribution in [1.29, 1.82) is 0 Å². The smallest absolute Gasteiger partial charge is 0.182 e. The van der Waals surface area contributed by atoms with Crippen LogP contribution in [0.4, 0.5) is 10.1 Å². The van der Waals surface area contributed by atoms with E-state index in [0.717, 1.165) is 0 Å². The number of nitrogens with one attached hydrogen (secondary N) is 1. The molecule has 1 aromatic carbocycles. The first-order chi connectivity index (χ1) is 7.54. The highest BCUT2D eigenvalue weighted by Crippen LogP contribution is 2.31. The summed E-state index contributed by atoms with van der Waals surface area (Å²) in [7, 11) is -3.45. The van der Waals surface area contributed by atoms with Gasteiger partial charge in [-0.15, -0.1) is 0 Å². The van der Waals surface area contributed by atoms with Crippen LogP contribution in [0.1, 0.15) is 6.42 Å². The van der Waals surface area contributed by atoms with Gasteiger partial charge < -0.3 is 10.4 Å². The molecular weight excluding hydrogens is 233 g/mol. The Morgan fingerprint density at radius 3 is 2.94 bits per heavy atom. The van der Waals surface area contributed by atoms with Gasteiger partial charge in [-0.3, -0.25) is 0 Å². The van der Waals surface area contributed by atoms with Gasteiger partial charge in [-0.25, -0.2) is 12.8 Å². The Hall–Kier alpha value is -1.14. The lowest BCUT2D eigenvalue weighted by Crippen LogP contribution is -2.35. The molecule has 0 radical (unpaired) electrons. The van der Waals surface area contributed by atoms with Crippen molar-refractivity contribution in [1.82, 2.24) is 0 Å². The number of hydrogen-bond acceptors (Lipinski definition) is 4. The van der Waals surface area contributed by atoms with Crippen LogP contribution >= 0.6 is 0 Å². The molecule has 0 amide bonds. The fraction of sp³-hybridized carbons (Fsp3) is 0.400. The number of para-hydroxylation sites is 1. The molecule has 0 spiro atoms. The number of sulfone groups is 1. The number of aliphatic hydroxyl groups is 1. The molecule has 4 nitrogen and oxygen atoms in total. The van der Waals surface area contributed by atoms with Gasteiger partial charge in [0, 0.05) is 12.6 Å². The van der Waals surface area contributed by atoms with Gasteiger partial charge in [-0.2, -0.15) is 0 Å². The van der Waals surface area contributed by atoms with Crippen LogP contribution in [0.25, 0.3) is 0 Å². The van der Waals surface area contributed by atoms with E-state index in [2.05, 4.69) is 5.32 Å². The van der Waals surface area contributed by atoms with Gasteiger partial charge in [-0.1, -0.05) is 6.07 Å². The summed E-state index contributed by atoms with van der Waals surface area (Å²) in [4.78, 5) is 0.00156. The zero-order valence-corrected chi connectivity index (χ0v) is 9.30. The summed E-state index contributed by atoms with van der Waals surface area (Å²) in [6.07, 6.45) is 0.285. The van der Waals surface area contributed by atoms with Crippen LogP contribution in [-0.4, -0.2) is 31.9 Å². The van der Waals surface area contributed by atoms with Gasteiger partial charge in [0.25, 0.3) is 0 Å². The molecule has 0 saturated carbocycles. The summed E-state index contributed by atoms with van der Waals surface area (Å²) in [5, 5.41) is 11.6. The molecule has 0 aromatic heterocycles. The normalized spacial score (nSPS) is 22.2. The minimum atomic E-state index is -3.45. The zero-order chi connectivity index (χ0) is 11.8. The van der Waals surface area contributed by atoms with Gasteiger partial charge in [-0.05, 0) is 18.6 Å². The topological polar surface area (TPSA) is 66.4 Å². The van der Waals surface area contributed by atoms with Crippen LogP contribution in [0.5, 0.6) is 0 Å². The first kappa shape index (κ1) is 11.3. The number of hydrogen-bond donors (Lipinski definition) is 2. The molecule has 6 heteroatoms. The number of anilines is 1. The van der Waals surface area contributed by atoms with Crippen LogP contribution < -0.4 is 5.32 Å². The monoisotopic (exact) mass is 245 g/mol. The molecule has 0 fully saturated rings. The largest absolute Gasteiger partial charge is 0.396 e. The maximum atomic E-state index is 13.4. The zero-order valence-electron chi connectivity index (χ0n) is 8.48. The minimum Gasteiger partial charge on any atom is -0.396 e. The van der Waals surface area contributed by atoms with Crippen LogP contribution in [0.15, 0.2) is 23.1 Å². The quantitative estimate of drug-likeness (QED) is 0.808. The Labute approximate surface area is 93.0 Å². The molecule has 1 unspecified atom stereocenters. The maximum Gasteiger partial charge on any atom is 0.182 e. The van der Waals surface area contributed by atoms with Crippen molar-refractivity contribution in [2.45, 2.75) is 17.4 Å². The summed E-state index contributed by atoms with van der Waals surface area (Å²) in [5.41, 5.74) is 0.0206. The van der Waals surface area contributed by atoms with Crippen molar-refractivity contribution >= 4 is 15.5 Å².